The Labute approximate surface area is 136 Å². The van der Waals surface area contributed by atoms with Crippen LogP contribution in [0.15, 0.2) is 0 Å². The fourth-order valence-corrected chi connectivity index (χ4v) is 1.44. The molecule has 0 unspecified atom stereocenters. The summed E-state index contributed by atoms with van der Waals surface area (Å²) in [6.07, 6.45) is -1.09. The highest BCUT2D eigenvalue weighted by Gasteiger charge is 2.15. The first kappa shape index (κ1) is 21.0. The van der Waals surface area contributed by atoms with E-state index in [2.05, 4.69) is 15.4 Å². The van der Waals surface area contributed by atoms with Gasteiger partial charge in [-0.05, 0) is 20.3 Å². The second-order valence-corrected chi connectivity index (χ2v) is 4.43. The summed E-state index contributed by atoms with van der Waals surface area (Å²) < 4.78 is 19.9. The summed E-state index contributed by atoms with van der Waals surface area (Å²) in [5.41, 5.74) is 0. The van der Waals surface area contributed by atoms with Crippen molar-refractivity contribution in [3.05, 3.63) is 0 Å². The zero-order chi connectivity index (χ0) is 17.5. The number of amides is 2. The summed E-state index contributed by atoms with van der Waals surface area (Å²) in [6.45, 7) is 4.53. The maximum absolute atomic E-state index is 11.3. The molecule has 0 radical (unpaired) electrons. The van der Waals surface area contributed by atoms with Gasteiger partial charge in [0.2, 0.25) is 0 Å². The third-order valence-electron chi connectivity index (χ3n) is 2.55. The quantitative estimate of drug-likeness (QED) is 0.327. The first-order valence-corrected chi connectivity index (χ1v) is 7.53. The Balaban J connectivity index is 4.17. The Morgan fingerprint density at radius 2 is 1.48 bits per heavy atom. The zero-order valence-electron chi connectivity index (χ0n) is 13.9. The third kappa shape index (κ3) is 12.2. The first-order chi connectivity index (χ1) is 11.0. The molecule has 23 heavy (non-hydrogen) atoms. The second-order valence-electron chi connectivity index (χ2n) is 4.43. The number of nitrogens with one attached hydrogen (secondary N) is 2. The van der Waals surface area contributed by atoms with Crippen LogP contribution < -0.4 is 10.6 Å². The first-order valence-electron chi connectivity index (χ1n) is 7.53. The molecular formula is C14H26N2O7. The molecular weight excluding hydrogens is 308 g/mol. The van der Waals surface area contributed by atoms with Crippen LogP contribution in [0.4, 0.5) is 9.59 Å². The van der Waals surface area contributed by atoms with Gasteiger partial charge in [-0.25, -0.2) is 9.59 Å². The summed E-state index contributed by atoms with van der Waals surface area (Å²) in [5.74, 6) is -0.331. The lowest BCUT2D eigenvalue weighted by molar-refractivity contribution is -0.141. The van der Waals surface area contributed by atoms with Crippen molar-refractivity contribution in [1.29, 1.82) is 0 Å². The van der Waals surface area contributed by atoms with Gasteiger partial charge in [0, 0.05) is 26.1 Å². The van der Waals surface area contributed by atoms with Crippen LogP contribution in [0.5, 0.6) is 0 Å². The van der Waals surface area contributed by atoms with Crippen molar-refractivity contribution in [3.8, 4) is 0 Å². The van der Waals surface area contributed by atoms with E-state index in [1.165, 1.54) is 7.11 Å². The lowest BCUT2D eigenvalue weighted by atomic mass is 10.3. The number of esters is 1. The van der Waals surface area contributed by atoms with Crippen LogP contribution in [0.3, 0.4) is 0 Å². The monoisotopic (exact) mass is 334 g/mol. The van der Waals surface area contributed by atoms with E-state index >= 15 is 0 Å². The van der Waals surface area contributed by atoms with Gasteiger partial charge in [0.05, 0.1) is 7.11 Å². The van der Waals surface area contributed by atoms with Crippen molar-refractivity contribution in [2.75, 3.05) is 40.0 Å². The number of hydrogen-bond donors (Lipinski definition) is 2. The molecule has 0 aromatic heterocycles. The van der Waals surface area contributed by atoms with Crippen LogP contribution >= 0.6 is 0 Å². The molecule has 9 nitrogen and oxygen atoms in total. The predicted octanol–water partition coefficient (Wildman–Crippen LogP) is 0.817. The van der Waals surface area contributed by atoms with E-state index in [-0.39, 0.29) is 32.2 Å². The Morgan fingerprint density at radius 1 is 0.957 bits per heavy atom. The van der Waals surface area contributed by atoms with Crippen molar-refractivity contribution >= 4 is 18.2 Å². The SMILES string of the molecule is CCNC(=O)OCC(COC(=O)NCC)OCCCC(=O)OC. The number of carbonyl (C=O) groups is 3. The highest BCUT2D eigenvalue weighted by molar-refractivity contribution is 5.69. The molecule has 0 aromatic carbocycles. The highest BCUT2D eigenvalue weighted by atomic mass is 16.6. The van der Waals surface area contributed by atoms with Gasteiger partial charge >= 0.3 is 18.2 Å². The van der Waals surface area contributed by atoms with Gasteiger partial charge in [0.25, 0.3) is 0 Å². The molecule has 0 saturated heterocycles. The normalized spacial score (nSPS) is 10.1. The molecule has 0 aliphatic heterocycles. The Bertz CT molecular complexity index is 341. The van der Waals surface area contributed by atoms with Gasteiger partial charge < -0.3 is 29.6 Å². The number of hydrogen-bond acceptors (Lipinski definition) is 7. The fraction of sp³-hybridized carbons (Fsp3) is 0.786. The topological polar surface area (TPSA) is 112 Å². The fourth-order valence-electron chi connectivity index (χ4n) is 1.44. The summed E-state index contributed by atoms with van der Waals surface area (Å²) in [5, 5.41) is 4.96. The van der Waals surface area contributed by atoms with Gasteiger partial charge in [-0.2, -0.15) is 0 Å². The average molecular weight is 334 g/mol. The van der Waals surface area contributed by atoms with Crippen LogP contribution in [-0.4, -0.2) is 64.3 Å². The van der Waals surface area contributed by atoms with Gasteiger partial charge in [-0.1, -0.05) is 0 Å². The van der Waals surface area contributed by atoms with Gasteiger partial charge in [-0.15, -0.1) is 0 Å². The van der Waals surface area contributed by atoms with Crippen molar-refractivity contribution in [1.82, 2.24) is 10.6 Å². The van der Waals surface area contributed by atoms with E-state index in [9.17, 15) is 14.4 Å². The van der Waals surface area contributed by atoms with Crippen molar-refractivity contribution in [3.63, 3.8) is 0 Å². The molecule has 0 saturated carbocycles. The predicted molar refractivity (Wildman–Crippen MR) is 81.0 cm³/mol. The summed E-state index contributed by atoms with van der Waals surface area (Å²) in [6, 6.07) is 0. The molecule has 0 rings (SSSR count). The average Bonchev–Trinajstić information content (AvgIpc) is 2.53. The van der Waals surface area contributed by atoms with Gasteiger partial charge in [-0.3, -0.25) is 4.79 Å². The van der Waals surface area contributed by atoms with E-state index < -0.39 is 18.3 Å². The molecule has 2 amide bonds. The van der Waals surface area contributed by atoms with E-state index in [0.717, 1.165) is 0 Å². The molecule has 0 bridgehead atoms. The minimum Gasteiger partial charge on any atom is -0.469 e. The van der Waals surface area contributed by atoms with E-state index in [4.69, 9.17) is 14.2 Å². The zero-order valence-corrected chi connectivity index (χ0v) is 13.9. The molecule has 134 valence electrons. The molecule has 0 heterocycles. The number of alkyl carbamates (subject to hydrolysis) is 2. The Kier molecular flexibility index (Phi) is 12.4. The summed E-state index contributed by atoms with van der Waals surface area (Å²) in [4.78, 5) is 33.5. The molecule has 0 spiro atoms. The van der Waals surface area contributed by atoms with Crippen molar-refractivity contribution in [2.24, 2.45) is 0 Å². The maximum Gasteiger partial charge on any atom is 0.407 e. The summed E-state index contributed by atoms with van der Waals surface area (Å²) in [7, 11) is 1.31. The maximum atomic E-state index is 11.3. The third-order valence-corrected chi connectivity index (χ3v) is 2.55. The highest BCUT2D eigenvalue weighted by Crippen LogP contribution is 2.00. The molecule has 0 atom stereocenters. The second kappa shape index (κ2) is 13.6. The van der Waals surface area contributed by atoms with E-state index in [1.54, 1.807) is 13.8 Å². The largest absolute Gasteiger partial charge is 0.469 e. The molecule has 0 fully saturated rings. The van der Waals surface area contributed by atoms with Gasteiger partial charge in [0.1, 0.15) is 19.3 Å². The van der Waals surface area contributed by atoms with Gasteiger partial charge in [0.15, 0.2) is 0 Å². The van der Waals surface area contributed by atoms with Crippen LogP contribution in [0.2, 0.25) is 0 Å². The van der Waals surface area contributed by atoms with Crippen LogP contribution in [0.1, 0.15) is 26.7 Å². The standard InChI is InChI=1S/C14H26N2O7/c1-4-15-13(18)22-9-11(10-23-14(19)16-5-2)21-8-6-7-12(17)20-3/h11H,4-10H2,1-3H3,(H,15,18)(H,16,19). The van der Waals surface area contributed by atoms with Crippen LogP contribution in [-0.2, 0) is 23.7 Å². The molecule has 0 aliphatic rings. The Hall–Kier alpha value is -2.03. The lowest BCUT2D eigenvalue weighted by Gasteiger charge is -2.18. The van der Waals surface area contributed by atoms with Crippen LogP contribution in [0.25, 0.3) is 0 Å². The number of rotatable bonds is 11. The van der Waals surface area contributed by atoms with Crippen molar-refractivity contribution in [2.45, 2.75) is 32.8 Å². The number of ether oxygens (including phenoxy) is 4. The molecule has 0 aliphatic carbocycles. The van der Waals surface area contributed by atoms with Crippen LogP contribution in [0, 0.1) is 0 Å². The number of methoxy groups -OCH3 is 1. The van der Waals surface area contributed by atoms with Crippen molar-refractivity contribution < 1.29 is 33.3 Å². The Morgan fingerprint density at radius 3 is 1.91 bits per heavy atom. The molecule has 0 aromatic rings. The lowest BCUT2D eigenvalue weighted by Crippen LogP contribution is -2.34. The molecule has 2 N–H and O–H groups in total. The van der Waals surface area contributed by atoms with E-state index in [1.807, 2.05) is 0 Å². The minimum absolute atomic E-state index is 0.0660. The van der Waals surface area contributed by atoms with E-state index in [0.29, 0.717) is 19.5 Å². The smallest absolute Gasteiger partial charge is 0.407 e. The minimum atomic E-state index is -0.613. The summed E-state index contributed by atoms with van der Waals surface area (Å²) >= 11 is 0. The molecule has 9 heteroatoms. The number of carbonyl (C=O) groups excluding carboxylic acids is 3.